The molecule has 2 heteroatoms. The quantitative estimate of drug-likeness (QED) is 0.865. The topological polar surface area (TPSA) is 35.2 Å². The van der Waals surface area contributed by atoms with Crippen LogP contribution >= 0.6 is 0 Å². The number of para-hydroxylation sites is 1. The van der Waals surface area contributed by atoms with Gasteiger partial charge in [-0.3, -0.25) is 0 Å². The van der Waals surface area contributed by atoms with Crippen molar-refractivity contribution in [2.24, 2.45) is 5.73 Å². The molecule has 2 aromatic carbocycles. The number of hydrogen-bond acceptors (Lipinski definition) is 2. The lowest BCUT2D eigenvalue weighted by Crippen LogP contribution is -2.15. The predicted molar refractivity (Wildman–Crippen MR) is 84.3 cm³/mol. The van der Waals surface area contributed by atoms with Gasteiger partial charge in [0.15, 0.2) is 0 Å². The summed E-state index contributed by atoms with van der Waals surface area (Å²) in [6.07, 6.45) is 0.939. The second kappa shape index (κ2) is 7.11. The molecule has 1 unspecified atom stereocenters. The predicted octanol–water partition coefficient (Wildman–Crippen LogP) is 3.81. The highest BCUT2D eigenvalue weighted by Gasteiger charge is 2.10. The Labute approximate surface area is 121 Å². The van der Waals surface area contributed by atoms with Crippen molar-refractivity contribution in [1.82, 2.24) is 0 Å². The second-order valence-electron chi connectivity index (χ2n) is 5.20. The Balaban J connectivity index is 1.95. The minimum absolute atomic E-state index is 0.362. The molecule has 2 aromatic rings. The van der Waals surface area contributed by atoms with E-state index < -0.39 is 0 Å². The van der Waals surface area contributed by atoms with Crippen LogP contribution in [0.2, 0.25) is 0 Å². The summed E-state index contributed by atoms with van der Waals surface area (Å²) in [7, 11) is 0. The molecule has 0 saturated heterocycles. The van der Waals surface area contributed by atoms with Crippen molar-refractivity contribution in [3.8, 4) is 5.75 Å². The van der Waals surface area contributed by atoms with E-state index in [1.807, 2.05) is 6.07 Å². The van der Waals surface area contributed by atoms with Gasteiger partial charge in [-0.1, -0.05) is 48.5 Å². The second-order valence-corrected chi connectivity index (χ2v) is 5.20. The maximum Gasteiger partial charge on any atom is 0.125 e. The van der Waals surface area contributed by atoms with Crippen LogP contribution in [0.15, 0.2) is 48.5 Å². The van der Waals surface area contributed by atoms with E-state index in [-0.39, 0.29) is 0 Å². The molecular formula is C18H23NO. The largest absolute Gasteiger partial charge is 0.493 e. The molecule has 2 N–H and O–H groups in total. The zero-order valence-corrected chi connectivity index (χ0v) is 12.3. The Kier molecular flexibility index (Phi) is 5.19. The minimum atomic E-state index is 0.362. The number of ether oxygens (including phenoxy) is 1. The van der Waals surface area contributed by atoms with Crippen molar-refractivity contribution in [2.45, 2.75) is 26.2 Å². The van der Waals surface area contributed by atoms with Gasteiger partial charge in [0.1, 0.15) is 5.75 Å². The molecule has 0 aliphatic heterocycles. The summed E-state index contributed by atoms with van der Waals surface area (Å²) in [4.78, 5) is 0. The molecule has 2 rings (SSSR count). The van der Waals surface area contributed by atoms with Crippen LogP contribution in [0, 0.1) is 13.8 Å². The van der Waals surface area contributed by atoms with Crippen LogP contribution in [-0.4, -0.2) is 13.2 Å². The Morgan fingerprint density at radius 2 is 1.60 bits per heavy atom. The third-order valence-electron chi connectivity index (χ3n) is 3.68. The highest BCUT2D eigenvalue weighted by molar-refractivity contribution is 5.39. The molecule has 20 heavy (non-hydrogen) atoms. The van der Waals surface area contributed by atoms with Gasteiger partial charge < -0.3 is 10.5 Å². The number of benzene rings is 2. The highest BCUT2D eigenvalue weighted by Crippen LogP contribution is 2.24. The van der Waals surface area contributed by atoms with E-state index in [4.69, 9.17) is 10.5 Å². The Bertz CT molecular complexity index is 516. The zero-order valence-electron chi connectivity index (χ0n) is 12.3. The van der Waals surface area contributed by atoms with Gasteiger partial charge in [0.05, 0.1) is 6.61 Å². The van der Waals surface area contributed by atoms with Crippen molar-refractivity contribution in [3.63, 3.8) is 0 Å². The summed E-state index contributed by atoms with van der Waals surface area (Å²) >= 11 is 0. The molecule has 0 fully saturated rings. The van der Waals surface area contributed by atoms with Crippen LogP contribution < -0.4 is 10.5 Å². The van der Waals surface area contributed by atoms with E-state index in [9.17, 15) is 0 Å². The molecular weight excluding hydrogens is 246 g/mol. The van der Waals surface area contributed by atoms with Crippen LogP contribution in [0.5, 0.6) is 5.75 Å². The first-order valence-electron chi connectivity index (χ1n) is 7.16. The summed E-state index contributed by atoms with van der Waals surface area (Å²) in [5.74, 6) is 1.37. The third kappa shape index (κ3) is 3.61. The fraction of sp³-hybridized carbons (Fsp3) is 0.333. The number of aryl methyl sites for hydroxylation is 2. The molecule has 2 nitrogen and oxygen atoms in total. The minimum Gasteiger partial charge on any atom is -0.493 e. The van der Waals surface area contributed by atoms with E-state index in [1.54, 1.807) is 0 Å². The Morgan fingerprint density at radius 1 is 0.950 bits per heavy atom. The van der Waals surface area contributed by atoms with Gasteiger partial charge in [0.2, 0.25) is 0 Å². The van der Waals surface area contributed by atoms with Crippen molar-refractivity contribution < 1.29 is 4.74 Å². The summed E-state index contributed by atoms with van der Waals surface area (Å²) in [6.45, 7) is 5.52. The van der Waals surface area contributed by atoms with Crippen LogP contribution in [0.25, 0.3) is 0 Å². The monoisotopic (exact) mass is 269 g/mol. The van der Waals surface area contributed by atoms with Gasteiger partial charge >= 0.3 is 0 Å². The molecule has 0 aliphatic rings. The van der Waals surface area contributed by atoms with Crippen LogP contribution in [0.4, 0.5) is 0 Å². The number of nitrogens with two attached hydrogens (primary N) is 1. The molecule has 0 amide bonds. The molecule has 1 atom stereocenters. The van der Waals surface area contributed by atoms with E-state index in [2.05, 4.69) is 56.3 Å². The first-order chi connectivity index (χ1) is 9.72. The Hall–Kier alpha value is -1.80. The SMILES string of the molecule is Cc1cccc(C)c1OCCC(CN)c1ccccc1. The van der Waals surface area contributed by atoms with Gasteiger partial charge in [-0.2, -0.15) is 0 Å². The summed E-state index contributed by atoms with van der Waals surface area (Å²) in [5.41, 5.74) is 9.56. The zero-order chi connectivity index (χ0) is 14.4. The third-order valence-corrected chi connectivity index (χ3v) is 3.68. The molecule has 0 bridgehead atoms. The lowest BCUT2D eigenvalue weighted by molar-refractivity contribution is 0.294. The molecule has 106 valence electrons. The maximum atomic E-state index is 5.97. The average molecular weight is 269 g/mol. The summed E-state index contributed by atoms with van der Waals surface area (Å²) in [6, 6.07) is 16.6. The first-order valence-corrected chi connectivity index (χ1v) is 7.16. The maximum absolute atomic E-state index is 5.97. The van der Waals surface area contributed by atoms with Gasteiger partial charge in [0.25, 0.3) is 0 Å². The lowest BCUT2D eigenvalue weighted by Gasteiger charge is -2.17. The van der Waals surface area contributed by atoms with Crippen molar-refractivity contribution >= 4 is 0 Å². The van der Waals surface area contributed by atoms with Crippen LogP contribution in [-0.2, 0) is 0 Å². The van der Waals surface area contributed by atoms with Crippen molar-refractivity contribution in [1.29, 1.82) is 0 Å². The van der Waals surface area contributed by atoms with E-state index >= 15 is 0 Å². The number of rotatable bonds is 6. The van der Waals surface area contributed by atoms with E-state index in [0.717, 1.165) is 12.2 Å². The Morgan fingerprint density at radius 3 is 2.20 bits per heavy atom. The average Bonchev–Trinajstić information content (AvgIpc) is 2.47. The van der Waals surface area contributed by atoms with Gasteiger partial charge in [-0.05, 0) is 49.4 Å². The van der Waals surface area contributed by atoms with Crippen molar-refractivity contribution in [2.75, 3.05) is 13.2 Å². The fourth-order valence-corrected chi connectivity index (χ4v) is 2.48. The summed E-state index contributed by atoms with van der Waals surface area (Å²) in [5, 5.41) is 0. The van der Waals surface area contributed by atoms with E-state index in [1.165, 1.54) is 16.7 Å². The van der Waals surface area contributed by atoms with Crippen LogP contribution in [0.3, 0.4) is 0 Å². The lowest BCUT2D eigenvalue weighted by atomic mass is 9.96. The van der Waals surface area contributed by atoms with Gasteiger partial charge in [-0.15, -0.1) is 0 Å². The fourth-order valence-electron chi connectivity index (χ4n) is 2.48. The van der Waals surface area contributed by atoms with Crippen molar-refractivity contribution in [3.05, 3.63) is 65.2 Å². The molecule has 0 spiro atoms. The molecule has 0 aliphatic carbocycles. The first kappa shape index (κ1) is 14.6. The van der Waals surface area contributed by atoms with E-state index in [0.29, 0.717) is 19.1 Å². The van der Waals surface area contributed by atoms with Gasteiger partial charge in [-0.25, -0.2) is 0 Å². The smallest absolute Gasteiger partial charge is 0.125 e. The standard InChI is InChI=1S/C18H23NO/c1-14-7-6-8-15(2)18(14)20-12-11-17(13-19)16-9-4-3-5-10-16/h3-10,17H,11-13,19H2,1-2H3. The number of hydrogen-bond donors (Lipinski definition) is 1. The van der Waals surface area contributed by atoms with Crippen LogP contribution in [0.1, 0.15) is 29.0 Å². The molecule has 0 radical (unpaired) electrons. The molecule has 0 heterocycles. The molecule has 0 saturated carbocycles. The normalized spacial score (nSPS) is 12.2. The molecule has 0 aromatic heterocycles. The van der Waals surface area contributed by atoms with Gasteiger partial charge in [0, 0.05) is 0 Å². The summed E-state index contributed by atoms with van der Waals surface area (Å²) < 4.78 is 5.97. The highest BCUT2D eigenvalue weighted by atomic mass is 16.5.